The van der Waals surface area contributed by atoms with E-state index in [-0.39, 0.29) is 11.9 Å². The van der Waals surface area contributed by atoms with Crippen LogP contribution in [0.4, 0.5) is 0 Å². The largest absolute Gasteiger partial charge is 0.338 e. The average molecular weight is 301 g/mol. The molecule has 1 atom stereocenters. The van der Waals surface area contributed by atoms with Crippen LogP contribution >= 0.6 is 23.1 Å². The molecule has 4 nitrogen and oxygen atoms in total. The SMILES string of the molecule is CCSCCC(C)N(C)C(=O)c1csc(CCN)n1. The third-order valence-electron chi connectivity index (χ3n) is 2.99. The molecule has 1 amide bonds. The number of nitrogens with two attached hydrogens (primary N) is 1. The topological polar surface area (TPSA) is 59.2 Å². The Kier molecular flexibility index (Phi) is 7.41. The summed E-state index contributed by atoms with van der Waals surface area (Å²) in [5, 5.41) is 2.77. The van der Waals surface area contributed by atoms with Crippen LogP contribution in [0.15, 0.2) is 5.38 Å². The fraction of sp³-hybridized carbons (Fsp3) is 0.692. The molecule has 0 fully saturated rings. The van der Waals surface area contributed by atoms with E-state index in [1.807, 2.05) is 24.2 Å². The number of hydrogen-bond donors (Lipinski definition) is 1. The fourth-order valence-corrected chi connectivity index (χ4v) is 3.20. The predicted molar refractivity (Wildman–Crippen MR) is 84.0 cm³/mol. The lowest BCUT2D eigenvalue weighted by Gasteiger charge is -2.24. The smallest absolute Gasteiger partial charge is 0.273 e. The van der Waals surface area contributed by atoms with Gasteiger partial charge in [0.1, 0.15) is 5.69 Å². The van der Waals surface area contributed by atoms with Crippen molar-refractivity contribution in [3.8, 4) is 0 Å². The first-order chi connectivity index (χ1) is 9.10. The van der Waals surface area contributed by atoms with Crippen LogP contribution in [-0.4, -0.2) is 46.9 Å². The molecular weight excluding hydrogens is 278 g/mol. The zero-order valence-electron chi connectivity index (χ0n) is 11.9. The molecule has 0 aliphatic rings. The summed E-state index contributed by atoms with van der Waals surface area (Å²) in [7, 11) is 1.85. The highest BCUT2D eigenvalue weighted by Crippen LogP contribution is 2.15. The van der Waals surface area contributed by atoms with Crippen LogP contribution < -0.4 is 5.73 Å². The fourth-order valence-electron chi connectivity index (χ4n) is 1.62. The second-order valence-electron chi connectivity index (χ2n) is 4.42. The Bertz CT molecular complexity index is 395. The Balaban J connectivity index is 2.54. The second-order valence-corrected chi connectivity index (χ2v) is 6.75. The molecule has 1 rings (SSSR count). The highest BCUT2D eigenvalue weighted by atomic mass is 32.2. The zero-order valence-corrected chi connectivity index (χ0v) is 13.5. The summed E-state index contributed by atoms with van der Waals surface area (Å²) < 4.78 is 0. The molecule has 2 N–H and O–H groups in total. The number of carbonyl (C=O) groups excluding carboxylic acids is 1. The minimum atomic E-state index is 0.00789. The van der Waals surface area contributed by atoms with Gasteiger partial charge < -0.3 is 10.6 Å². The summed E-state index contributed by atoms with van der Waals surface area (Å²) in [4.78, 5) is 18.4. The molecule has 0 radical (unpaired) electrons. The van der Waals surface area contributed by atoms with E-state index in [1.54, 1.807) is 4.90 Å². The van der Waals surface area contributed by atoms with Crippen molar-refractivity contribution < 1.29 is 4.79 Å². The van der Waals surface area contributed by atoms with E-state index in [2.05, 4.69) is 18.8 Å². The van der Waals surface area contributed by atoms with Gasteiger partial charge in [0.2, 0.25) is 0 Å². The number of aromatic nitrogens is 1. The van der Waals surface area contributed by atoms with Gasteiger partial charge in [-0.3, -0.25) is 4.79 Å². The summed E-state index contributed by atoms with van der Waals surface area (Å²) in [5.74, 6) is 2.22. The van der Waals surface area contributed by atoms with Crippen molar-refractivity contribution in [3.05, 3.63) is 16.1 Å². The molecule has 0 aliphatic heterocycles. The Morgan fingerprint density at radius 2 is 2.37 bits per heavy atom. The molecule has 19 heavy (non-hydrogen) atoms. The van der Waals surface area contributed by atoms with Gasteiger partial charge in [-0.25, -0.2) is 4.98 Å². The lowest BCUT2D eigenvalue weighted by Crippen LogP contribution is -2.35. The van der Waals surface area contributed by atoms with Gasteiger partial charge in [-0.15, -0.1) is 11.3 Å². The van der Waals surface area contributed by atoms with E-state index in [4.69, 9.17) is 5.73 Å². The van der Waals surface area contributed by atoms with Gasteiger partial charge in [0.15, 0.2) is 0 Å². The van der Waals surface area contributed by atoms with Gasteiger partial charge in [0.05, 0.1) is 5.01 Å². The van der Waals surface area contributed by atoms with Crippen molar-refractivity contribution >= 4 is 29.0 Å². The summed E-state index contributed by atoms with van der Waals surface area (Å²) in [6.45, 7) is 4.81. The van der Waals surface area contributed by atoms with Crippen molar-refractivity contribution in [2.45, 2.75) is 32.7 Å². The summed E-state index contributed by atoms with van der Waals surface area (Å²) in [6.07, 6.45) is 1.75. The van der Waals surface area contributed by atoms with Crippen LogP contribution in [0.25, 0.3) is 0 Å². The van der Waals surface area contributed by atoms with Crippen LogP contribution in [0.5, 0.6) is 0 Å². The van der Waals surface area contributed by atoms with Crippen LogP contribution in [0.1, 0.15) is 35.8 Å². The van der Waals surface area contributed by atoms with E-state index in [0.29, 0.717) is 12.2 Å². The van der Waals surface area contributed by atoms with Crippen molar-refractivity contribution in [2.75, 3.05) is 25.1 Å². The molecule has 0 aliphatic carbocycles. The maximum atomic E-state index is 12.3. The summed E-state index contributed by atoms with van der Waals surface area (Å²) in [5.41, 5.74) is 6.04. The average Bonchev–Trinajstić information content (AvgIpc) is 2.86. The van der Waals surface area contributed by atoms with Gasteiger partial charge in [-0.2, -0.15) is 11.8 Å². The minimum Gasteiger partial charge on any atom is -0.338 e. The van der Waals surface area contributed by atoms with Crippen molar-refractivity contribution in [3.63, 3.8) is 0 Å². The number of carbonyl (C=O) groups is 1. The van der Waals surface area contributed by atoms with E-state index < -0.39 is 0 Å². The van der Waals surface area contributed by atoms with Gasteiger partial charge in [0.25, 0.3) is 5.91 Å². The molecule has 0 saturated carbocycles. The molecule has 0 bridgehead atoms. The van der Waals surface area contributed by atoms with E-state index >= 15 is 0 Å². The third-order valence-corrected chi connectivity index (χ3v) is 4.84. The normalized spacial score (nSPS) is 12.4. The Hall–Kier alpha value is -0.590. The summed E-state index contributed by atoms with van der Waals surface area (Å²) in [6, 6.07) is 0.242. The van der Waals surface area contributed by atoms with Crippen molar-refractivity contribution in [1.29, 1.82) is 0 Å². The minimum absolute atomic E-state index is 0.00789. The number of rotatable bonds is 8. The number of hydrogen-bond acceptors (Lipinski definition) is 5. The second kappa shape index (κ2) is 8.55. The van der Waals surface area contributed by atoms with Gasteiger partial charge in [0, 0.05) is 24.9 Å². The molecular formula is C13H23N3OS2. The maximum absolute atomic E-state index is 12.3. The number of thioether (sulfide) groups is 1. The lowest BCUT2D eigenvalue weighted by molar-refractivity contribution is 0.0736. The maximum Gasteiger partial charge on any atom is 0.273 e. The van der Waals surface area contributed by atoms with Crippen LogP contribution in [0, 0.1) is 0 Å². The molecule has 1 aromatic heterocycles. The Labute approximate surface area is 123 Å². The van der Waals surface area contributed by atoms with Crippen molar-refractivity contribution in [1.82, 2.24) is 9.88 Å². The highest BCUT2D eigenvalue weighted by Gasteiger charge is 2.19. The third kappa shape index (κ3) is 5.12. The molecule has 0 spiro atoms. The highest BCUT2D eigenvalue weighted by molar-refractivity contribution is 7.99. The molecule has 1 aromatic rings. The molecule has 1 unspecified atom stereocenters. The van der Waals surface area contributed by atoms with Crippen LogP contribution in [-0.2, 0) is 6.42 Å². The zero-order chi connectivity index (χ0) is 14.3. The van der Waals surface area contributed by atoms with E-state index in [1.165, 1.54) is 11.3 Å². The molecule has 0 saturated heterocycles. The monoisotopic (exact) mass is 301 g/mol. The Morgan fingerprint density at radius 1 is 1.63 bits per heavy atom. The summed E-state index contributed by atoms with van der Waals surface area (Å²) >= 11 is 3.42. The molecule has 108 valence electrons. The van der Waals surface area contributed by atoms with E-state index in [9.17, 15) is 4.79 Å². The number of thiazole rings is 1. The van der Waals surface area contributed by atoms with Crippen molar-refractivity contribution in [2.24, 2.45) is 5.73 Å². The van der Waals surface area contributed by atoms with Gasteiger partial charge in [-0.05, 0) is 31.4 Å². The molecule has 0 aromatic carbocycles. The van der Waals surface area contributed by atoms with E-state index in [0.717, 1.165) is 29.4 Å². The molecule has 6 heteroatoms. The quantitative estimate of drug-likeness (QED) is 0.748. The van der Waals surface area contributed by atoms with Gasteiger partial charge >= 0.3 is 0 Å². The van der Waals surface area contributed by atoms with Crippen LogP contribution in [0.3, 0.4) is 0 Å². The standard InChI is InChI=1S/C13H23N3OS2/c1-4-18-8-6-10(2)16(3)13(17)11-9-19-12(15-11)5-7-14/h9-10H,4-8,14H2,1-3H3. The van der Waals surface area contributed by atoms with Crippen LogP contribution in [0.2, 0.25) is 0 Å². The first-order valence-corrected chi connectivity index (χ1v) is 8.63. The van der Waals surface area contributed by atoms with Gasteiger partial charge in [-0.1, -0.05) is 6.92 Å². The lowest BCUT2D eigenvalue weighted by atomic mass is 10.2. The number of nitrogens with zero attached hydrogens (tertiary/aromatic N) is 2. The first kappa shape index (κ1) is 16.5. The molecule has 1 heterocycles. The predicted octanol–water partition coefficient (Wildman–Crippen LogP) is 2.25. The first-order valence-electron chi connectivity index (χ1n) is 6.59. The Morgan fingerprint density at radius 3 is 3.00 bits per heavy atom. The number of amides is 1.